The normalized spacial score (nSPS) is 14.6. The van der Waals surface area contributed by atoms with Gasteiger partial charge in [-0.05, 0) is 37.4 Å². The Morgan fingerprint density at radius 2 is 2.21 bits per heavy atom. The van der Waals surface area contributed by atoms with Gasteiger partial charge in [0.2, 0.25) is 11.7 Å². The molecule has 1 fully saturated rings. The average Bonchev–Trinajstić information content (AvgIpc) is 3.15. The largest absolute Gasteiger partial charge is 0.496 e. The topological polar surface area (TPSA) is 60.2 Å². The van der Waals surface area contributed by atoms with Crippen LogP contribution >= 0.6 is 0 Å². The molecule has 0 saturated heterocycles. The lowest BCUT2D eigenvalue weighted by molar-refractivity contribution is 0.366. The molecule has 1 N–H and O–H groups in total. The van der Waals surface area contributed by atoms with Gasteiger partial charge < -0.3 is 14.6 Å². The highest BCUT2D eigenvalue weighted by Crippen LogP contribution is 2.28. The maximum atomic E-state index is 5.29. The van der Waals surface area contributed by atoms with E-state index in [2.05, 4.69) is 15.5 Å². The van der Waals surface area contributed by atoms with Gasteiger partial charge in [0.05, 0.1) is 19.2 Å². The van der Waals surface area contributed by atoms with Crippen LogP contribution in [0.15, 0.2) is 28.8 Å². The summed E-state index contributed by atoms with van der Waals surface area (Å²) in [5.74, 6) is 2.78. The third kappa shape index (κ3) is 2.93. The fourth-order valence-corrected chi connectivity index (χ4v) is 1.97. The van der Waals surface area contributed by atoms with Gasteiger partial charge in [-0.3, -0.25) is 0 Å². The zero-order chi connectivity index (χ0) is 13.1. The summed E-state index contributed by atoms with van der Waals surface area (Å²) in [5, 5.41) is 7.33. The Bertz CT molecular complexity index is 549. The maximum absolute atomic E-state index is 5.29. The first kappa shape index (κ1) is 12.2. The zero-order valence-electron chi connectivity index (χ0n) is 10.9. The predicted octanol–water partition coefficient (Wildman–Crippen LogP) is 2.24. The van der Waals surface area contributed by atoms with Crippen LogP contribution in [0.3, 0.4) is 0 Å². The molecule has 0 aliphatic heterocycles. The predicted molar refractivity (Wildman–Crippen MR) is 70.7 cm³/mol. The van der Waals surface area contributed by atoms with E-state index in [1.165, 1.54) is 12.8 Å². The van der Waals surface area contributed by atoms with Crippen LogP contribution < -0.4 is 10.1 Å². The summed E-state index contributed by atoms with van der Waals surface area (Å²) < 4.78 is 10.5. The monoisotopic (exact) mass is 259 g/mol. The number of benzene rings is 1. The lowest BCUT2D eigenvalue weighted by atomic mass is 10.2. The van der Waals surface area contributed by atoms with E-state index in [9.17, 15) is 0 Å². The number of hydrogen-bond donors (Lipinski definition) is 1. The second kappa shape index (κ2) is 5.40. The van der Waals surface area contributed by atoms with E-state index >= 15 is 0 Å². The smallest absolute Gasteiger partial charge is 0.240 e. The molecule has 5 nitrogen and oxygen atoms in total. The zero-order valence-corrected chi connectivity index (χ0v) is 10.9. The second-order valence-corrected chi connectivity index (χ2v) is 4.79. The van der Waals surface area contributed by atoms with Gasteiger partial charge in [0.25, 0.3) is 0 Å². The number of para-hydroxylation sites is 1. The first-order valence-corrected chi connectivity index (χ1v) is 6.53. The number of rotatable bonds is 6. The molecule has 0 spiro atoms. The molecule has 100 valence electrons. The van der Waals surface area contributed by atoms with Crippen molar-refractivity contribution in [2.24, 2.45) is 5.92 Å². The average molecular weight is 259 g/mol. The molecule has 1 saturated carbocycles. The van der Waals surface area contributed by atoms with Crippen molar-refractivity contribution >= 4 is 0 Å². The fraction of sp³-hybridized carbons (Fsp3) is 0.429. The Kier molecular flexibility index (Phi) is 3.46. The summed E-state index contributed by atoms with van der Waals surface area (Å²) in [7, 11) is 1.64. The first-order valence-electron chi connectivity index (χ1n) is 6.53. The van der Waals surface area contributed by atoms with E-state index in [1.807, 2.05) is 24.3 Å². The van der Waals surface area contributed by atoms with E-state index in [0.29, 0.717) is 18.3 Å². The molecular weight excluding hydrogens is 242 g/mol. The Morgan fingerprint density at radius 1 is 1.37 bits per heavy atom. The molecule has 1 aromatic carbocycles. The van der Waals surface area contributed by atoms with Gasteiger partial charge in [-0.2, -0.15) is 4.98 Å². The highest BCUT2D eigenvalue weighted by Gasteiger charge is 2.20. The van der Waals surface area contributed by atoms with E-state index in [0.717, 1.165) is 23.8 Å². The molecule has 0 atom stereocenters. The van der Waals surface area contributed by atoms with Gasteiger partial charge in [-0.25, -0.2) is 0 Å². The first-order chi connectivity index (χ1) is 9.36. The van der Waals surface area contributed by atoms with Gasteiger partial charge in [0.1, 0.15) is 5.75 Å². The van der Waals surface area contributed by atoms with Crippen molar-refractivity contribution in [3.05, 3.63) is 30.2 Å². The molecule has 2 aromatic rings. The van der Waals surface area contributed by atoms with Crippen LogP contribution in [-0.4, -0.2) is 23.8 Å². The Morgan fingerprint density at radius 3 is 3.00 bits per heavy atom. The van der Waals surface area contributed by atoms with Crippen LogP contribution in [0.25, 0.3) is 11.4 Å². The van der Waals surface area contributed by atoms with E-state index < -0.39 is 0 Å². The summed E-state index contributed by atoms with van der Waals surface area (Å²) >= 11 is 0. The van der Waals surface area contributed by atoms with Crippen LogP contribution in [0, 0.1) is 5.92 Å². The third-order valence-electron chi connectivity index (χ3n) is 3.22. The van der Waals surface area contributed by atoms with Crippen molar-refractivity contribution in [1.82, 2.24) is 15.5 Å². The van der Waals surface area contributed by atoms with E-state index in [1.54, 1.807) is 7.11 Å². The number of ether oxygens (including phenoxy) is 1. The van der Waals surface area contributed by atoms with Crippen LogP contribution in [0.2, 0.25) is 0 Å². The maximum Gasteiger partial charge on any atom is 0.240 e. The second-order valence-electron chi connectivity index (χ2n) is 4.79. The van der Waals surface area contributed by atoms with Crippen molar-refractivity contribution in [1.29, 1.82) is 0 Å². The molecule has 1 aromatic heterocycles. The fourth-order valence-electron chi connectivity index (χ4n) is 1.97. The lowest BCUT2D eigenvalue weighted by Gasteiger charge is -2.03. The highest BCUT2D eigenvalue weighted by atomic mass is 16.5. The van der Waals surface area contributed by atoms with Gasteiger partial charge in [-0.15, -0.1) is 0 Å². The van der Waals surface area contributed by atoms with Gasteiger partial charge in [0, 0.05) is 0 Å². The van der Waals surface area contributed by atoms with Crippen LogP contribution in [-0.2, 0) is 6.54 Å². The number of aromatic nitrogens is 2. The van der Waals surface area contributed by atoms with E-state index in [4.69, 9.17) is 9.26 Å². The summed E-state index contributed by atoms with van der Waals surface area (Å²) in [6.07, 6.45) is 2.67. The van der Waals surface area contributed by atoms with Crippen molar-refractivity contribution in [3.8, 4) is 17.1 Å². The van der Waals surface area contributed by atoms with Crippen LogP contribution in [0.1, 0.15) is 18.7 Å². The summed E-state index contributed by atoms with van der Waals surface area (Å²) in [6.45, 7) is 1.66. The minimum absolute atomic E-state index is 0.570. The standard InChI is InChI=1S/C14H17N3O2/c1-18-12-5-3-2-4-11(12)14-16-13(19-17-14)9-15-8-10-6-7-10/h2-5,10,15H,6-9H2,1H3. The molecule has 19 heavy (non-hydrogen) atoms. The quantitative estimate of drug-likeness (QED) is 0.862. The molecule has 0 bridgehead atoms. The summed E-state index contributed by atoms with van der Waals surface area (Å²) in [5.41, 5.74) is 0.849. The summed E-state index contributed by atoms with van der Waals surface area (Å²) in [4.78, 5) is 4.39. The molecular formula is C14H17N3O2. The molecule has 5 heteroatoms. The molecule has 1 aliphatic carbocycles. The number of nitrogens with zero attached hydrogens (tertiary/aromatic N) is 2. The van der Waals surface area contributed by atoms with Crippen molar-refractivity contribution in [2.75, 3.05) is 13.7 Å². The Hall–Kier alpha value is -1.88. The lowest BCUT2D eigenvalue weighted by Crippen LogP contribution is -2.16. The molecule has 0 radical (unpaired) electrons. The SMILES string of the molecule is COc1ccccc1-c1noc(CNCC2CC2)n1. The molecule has 1 aliphatic rings. The number of methoxy groups -OCH3 is 1. The van der Waals surface area contributed by atoms with E-state index in [-0.39, 0.29) is 0 Å². The van der Waals surface area contributed by atoms with Crippen molar-refractivity contribution in [2.45, 2.75) is 19.4 Å². The van der Waals surface area contributed by atoms with Gasteiger partial charge in [-0.1, -0.05) is 17.3 Å². The third-order valence-corrected chi connectivity index (χ3v) is 3.22. The summed E-state index contributed by atoms with van der Waals surface area (Å²) in [6, 6.07) is 7.65. The Labute approximate surface area is 112 Å². The minimum atomic E-state index is 0.570. The van der Waals surface area contributed by atoms with Crippen molar-refractivity contribution < 1.29 is 9.26 Å². The highest BCUT2D eigenvalue weighted by molar-refractivity contribution is 5.63. The minimum Gasteiger partial charge on any atom is -0.496 e. The van der Waals surface area contributed by atoms with Crippen LogP contribution in [0.4, 0.5) is 0 Å². The Balaban J connectivity index is 1.68. The van der Waals surface area contributed by atoms with Gasteiger partial charge >= 0.3 is 0 Å². The molecule has 0 unspecified atom stereocenters. The molecule has 3 rings (SSSR count). The number of hydrogen-bond acceptors (Lipinski definition) is 5. The van der Waals surface area contributed by atoms with Gasteiger partial charge in [0.15, 0.2) is 0 Å². The number of nitrogens with one attached hydrogen (secondary N) is 1. The molecule has 1 heterocycles. The molecule has 0 amide bonds. The van der Waals surface area contributed by atoms with Crippen molar-refractivity contribution in [3.63, 3.8) is 0 Å². The van der Waals surface area contributed by atoms with Crippen LogP contribution in [0.5, 0.6) is 5.75 Å².